The van der Waals surface area contributed by atoms with E-state index in [0.717, 1.165) is 44.2 Å². The van der Waals surface area contributed by atoms with Crippen molar-refractivity contribution in [1.29, 1.82) is 0 Å². The largest absolute Gasteiger partial charge is 0.288 e. The Balaban J connectivity index is 2.10. The van der Waals surface area contributed by atoms with Crippen LogP contribution in [0.15, 0.2) is 60.7 Å². The molecule has 0 bridgehead atoms. The molecule has 1 aliphatic carbocycles. The Bertz CT molecular complexity index is 1140. The number of carbonyl (C=O) groups excluding carboxylic acids is 1. The Kier molecular flexibility index (Phi) is 2.32. The third-order valence-electron chi connectivity index (χ3n) is 4.73. The van der Waals surface area contributed by atoms with Crippen molar-refractivity contribution in [3.8, 4) is 11.1 Å². The molecule has 0 aliphatic heterocycles. The number of nitrogens with zero attached hydrogens (tertiary/aromatic N) is 1. The van der Waals surface area contributed by atoms with Crippen LogP contribution in [0.2, 0.25) is 0 Å². The number of aromatic nitrogens is 1. The molecule has 0 fully saturated rings. The molecule has 0 atom stereocenters. The van der Waals surface area contributed by atoms with Crippen LogP contribution in [-0.2, 0) is 0 Å². The lowest BCUT2D eigenvalue weighted by Crippen LogP contribution is -2.00. The molecule has 2 nitrogen and oxygen atoms in total. The van der Waals surface area contributed by atoms with Crippen molar-refractivity contribution in [3.63, 3.8) is 0 Å². The average Bonchev–Trinajstić information content (AvgIpc) is 2.89. The van der Waals surface area contributed by atoms with Crippen molar-refractivity contribution in [2.24, 2.45) is 0 Å². The number of hydrogen-bond acceptors (Lipinski definition) is 2. The van der Waals surface area contributed by atoms with Gasteiger partial charge in [0.15, 0.2) is 5.78 Å². The Morgan fingerprint density at radius 2 is 1.52 bits per heavy atom. The van der Waals surface area contributed by atoms with E-state index in [0.29, 0.717) is 0 Å². The summed E-state index contributed by atoms with van der Waals surface area (Å²) in [4.78, 5) is 17.6. The van der Waals surface area contributed by atoms with Crippen LogP contribution in [-0.4, -0.2) is 10.8 Å². The van der Waals surface area contributed by atoms with Gasteiger partial charge >= 0.3 is 0 Å². The fraction of sp³-hybridized carbons (Fsp3) is 0.0476. The molecular weight excluding hydrogens is 282 g/mol. The average molecular weight is 295 g/mol. The number of carbonyl (C=O) groups is 1. The first-order chi connectivity index (χ1) is 11.3. The van der Waals surface area contributed by atoms with E-state index in [1.807, 2.05) is 43.3 Å². The molecule has 1 aliphatic rings. The summed E-state index contributed by atoms with van der Waals surface area (Å²) in [5.41, 5.74) is 5.38. The van der Waals surface area contributed by atoms with E-state index in [1.54, 1.807) is 0 Å². The van der Waals surface area contributed by atoms with Crippen molar-refractivity contribution in [3.05, 3.63) is 77.5 Å². The second kappa shape index (κ2) is 4.26. The Hall–Kier alpha value is -3.00. The predicted molar refractivity (Wildman–Crippen MR) is 92.9 cm³/mol. The zero-order valence-corrected chi connectivity index (χ0v) is 12.6. The van der Waals surface area contributed by atoms with Crippen molar-refractivity contribution < 1.29 is 4.79 Å². The van der Waals surface area contributed by atoms with Crippen LogP contribution in [0.25, 0.3) is 32.8 Å². The van der Waals surface area contributed by atoms with Crippen molar-refractivity contribution in [2.45, 2.75) is 6.92 Å². The molecule has 2 heteroatoms. The number of pyridine rings is 1. The van der Waals surface area contributed by atoms with Crippen LogP contribution in [0.4, 0.5) is 0 Å². The van der Waals surface area contributed by atoms with Gasteiger partial charge in [0, 0.05) is 22.2 Å². The molecule has 0 N–H and O–H groups in total. The minimum absolute atomic E-state index is 0.0930. The first-order valence-electron chi connectivity index (χ1n) is 7.72. The van der Waals surface area contributed by atoms with E-state index in [2.05, 4.69) is 24.3 Å². The minimum atomic E-state index is 0.0930. The highest BCUT2D eigenvalue weighted by molar-refractivity contribution is 6.29. The normalized spacial score (nSPS) is 12.7. The van der Waals surface area contributed by atoms with Crippen LogP contribution in [0.5, 0.6) is 0 Å². The van der Waals surface area contributed by atoms with Gasteiger partial charge in [0.1, 0.15) is 0 Å². The number of aryl methyl sites for hydroxylation is 1. The summed E-state index contributed by atoms with van der Waals surface area (Å²) in [7, 11) is 0. The molecule has 0 radical (unpaired) electrons. The van der Waals surface area contributed by atoms with Crippen LogP contribution in [0.1, 0.15) is 21.6 Å². The predicted octanol–water partition coefficient (Wildman–Crippen LogP) is 4.91. The molecule has 1 aromatic heterocycles. The standard InChI is InChI=1S/C21H13NO/c1-12-18-20(15-8-4-5-9-16(15)21(18)23)19-14-7-3-2-6-13(14)10-11-17(19)22-12/h2-11H,1H3. The second-order valence-corrected chi connectivity index (χ2v) is 6.00. The highest BCUT2D eigenvalue weighted by Gasteiger charge is 2.31. The highest BCUT2D eigenvalue weighted by Crippen LogP contribution is 2.44. The molecule has 0 saturated carbocycles. The van der Waals surface area contributed by atoms with Crippen LogP contribution in [0.3, 0.4) is 0 Å². The molecule has 0 spiro atoms. The Labute approximate surface area is 133 Å². The molecule has 0 amide bonds. The molecular formula is C21H13NO. The summed E-state index contributed by atoms with van der Waals surface area (Å²) >= 11 is 0. The lowest BCUT2D eigenvalue weighted by atomic mass is 9.95. The quantitative estimate of drug-likeness (QED) is 0.380. The summed E-state index contributed by atoms with van der Waals surface area (Å²) in [6.07, 6.45) is 0. The van der Waals surface area contributed by atoms with Crippen LogP contribution >= 0.6 is 0 Å². The maximum Gasteiger partial charge on any atom is 0.196 e. The lowest BCUT2D eigenvalue weighted by Gasteiger charge is -2.11. The second-order valence-electron chi connectivity index (χ2n) is 6.00. The number of hydrogen-bond donors (Lipinski definition) is 0. The SMILES string of the molecule is Cc1nc2ccc3ccccc3c2c2c1C(=O)c1ccccc1-2. The van der Waals surface area contributed by atoms with E-state index in [-0.39, 0.29) is 5.78 Å². The van der Waals surface area contributed by atoms with Gasteiger partial charge in [0.05, 0.1) is 11.1 Å². The summed E-state index contributed by atoms with van der Waals surface area (Å²) in [6.45, 7) is 1.93. The third kappa shape index (κ3) is 1.53. The Morgan fingerprint density at radius 1 is 0.783 bits per heavy atom. The van der Waals surface area contributed by atoms with Crippen molar-refractivity contribution >= 4 is 27.5 Å². The topological polar surface area (TPSA) is 30.0 Å². The molecule has 3 aromatic carbocycles. The molecule has 4 aromatic rings. The number of fused-ring (bicyclic) bond motifs is 7. The van der Waals surface area contributed by atoms with Gasteiger partial charge in [-0.2, -0.15) is 0 Å². The van der Waals surface area contributed by atoms with Gasteiger partial charge in [-0.05, 0) is 29.3 Å². The molecule has 5 rings (SSSR count). The zero-order chi connectivity index (χ0) is 15.6. The smallest absolute Gasteiger partial charge is 0.196 e. The zero-order valence-electron chi connectivity index (χ0n) is 12.6. The lowest BCUT2D eigenvalue weighted by molar-refractivity contribution is 0.104. The fourth-order valence-corrected chi connectivity index (χ4v) is 3.74. The maximum atomic E-state index is 12.8. The van der Waals surface area contributed by atoms with Gasteiger partial charge in [-0.15, -0.1) is 0 Å². The Morgan fingerprint density at radius 3 is 2.39 bits per heavy atom. The van der Waals surface area contributed by atoms with E-state index in [9.17, 15) is 4.79 Å². The minimum Gasteiger partial charge on any atom is -0.288 e. The number of ketones is 1. The molecule has 23 heavy (non-hydrogen) atoms. The van der Waals surface area contributed by atoms with E-state index < -0.39 is 0 Å². The van der Waals surface area contributed by atoms with Gasteiger partial charge < -0.3 is 0 Å². The third-order valence-corrected chi connectivity index (χ3v) is 4.73. The monoisotopic (exact) mass is 295 g/mol. The van der Waals surface area contributed by atoms with E-state index in [4.69, 9.17) is 4.98 Å². The van der Waals surface area contributed by atoms with Gasteiger partial charge in [-0.3, -0.25) is 9.78 Å². The van der Waals surface area contributed by atoms with Crippen LogP contribution < -0.4 is 0 Å². The van der Waals surface area contributed by atoms with Gasteiger partial charge in [0.25, 0.3) is 0 Å². The number of rotatable bonds is 0. The van der Waals surface area contributed by atoms with Gasteiger partial charge in [0.2, 0.25) is 0 Å². The molecule has 0 saturated heterocycles. The number of benzene rings is 3. The van der Waals surface area contributed by atoms with Crippen LogP contribution in [0, 0.1) is 6.92 Å². The van der Waals surface area contributed by atoms with E-state index in [1.165, 1.54) is 5.39 Å². The summed E-state index contributed by atoms with van der Waals surface area (Å²) < 4.78 is 0. The molecule has 1 heterocycles. The maximum absolute atomic E-state index is 12.8. The highest BCUT2D eigenvalue weighted by atomic mass is 16.1. The molecule has 108 valence electrons. The van der Waals surface area contributed by atoms with Gasteiger partial charge in [-0.1, -0.05) is 54.6 Å². The summed E-state index contributed by atoms with van der Waals surface area (Å²) in [5, 5.41) is 3.41. The van der Waals surface area contributed by atoms with E-state index >= 15 is 0 Å². The summed E-state index contributed by atoms with van der Waals surface area (Å²) in [5.74, 6) is 0.0930. The van der Waals surface area contributed by atoms with Gasteiger partial charge in [-0.25, -0.2) is 0 Å². The molecule has 0 unspecified atom stereocenters. The first kappa shape index (κ1) is 12.5. The fourth-order valence-electron chi connectivity index (χ4n) is 3.74. The first-order valence-corrected chi connectivity index (χ1v) is 7.72. The van der Waals surface area contributed by atoms with Crippen molar-refractivity contribution in [1.82, 2.24) is 4.98 Å². The summed E-state index contributed by atoms with van der Waals surface area (Å²) in [6, 6.07) is 20.3. The van der Waals surface area contributed by atoms with Crippen molar-refractivity contribution in [2.75, 3.05) is 0 Å².